The van der Waals surface area contributed by atoms with E-state index in [4.69, 9.17) is 0 Å². The van der Waals surface area contributed by atoms with E-state index in [0.717, 1.165) is 10.3 Å². The summed E-state index contributed by atoms with van der Waals surface area (Å²) in [6.45, 7) is 9.12. The van der Waals surface area contributed by atoms with Gasteiger partial charge in [-0.2, -0.15) is 0 Å². The number of nitrogens with zero attached hydrogens (tertiary/aromatic N) is 4. The summed E-state index contributed by atoms with van der Waals surface area (Å²) in [6, 6.07) is 8.33. The number of aromatic nitrogens is 4. The molecule has 0 aliphatic heterocycles. The van der Waals surface area contributed by atoms with E-state index in [2.05, 4.69) is 76.6 Å². The Bertz CT molecular complexity index is 556. The lowest BCUT2D eigenvalue weighted by molar-refractivity contribution is 0.403. The SMILES string of the molecule is CC(c1ccc(Br)cc1)n1nnnc1CNC(C)(C)C. The van der Waals surface area contributed by atoms with E-state index < -0.39 is 0 Å². The molecule has 0 amide bonds. The summed E-state index contributed by atoms with van der Waals surface area (Å²) in [6.07, 6.45) is 0. The standard InChI is InChI=1S/C14H20BrN5/c1-10(11-5-7-12(15)8-6-11)20-13(17-18-19-20)9-16-14(2,3)4/h5-8,10,16H,9H2,1-4H3. The van der Waals surface area contributed by atoms with Crippen LogP contribution in [0.2, 0.25) is 0 Å². The Kier molecular flexibility index (Phi) is 4.55. The number of halogens is 1. The first-order valence-corrected chi connectivity index (χ1v) is 7.43. The van der Waals surface area contributed by atoms with Crippen molar-refractivity contribution in [2.45, 2.75) is 45.8 Å². The maximum atomic E-state index is 4.12. The molecular weight excluding hydrogens is 318 g/mol. The van der Waals surface area contributed by atoms with Crippen molar-refractivity contribution in [3.63, 3.8) is 0 Å². The summed E-state index contributed by atoms with van der Waals surface area (Å²) in [5, 5.41) is 15.4. The lowest BCUT2D eigenvalue weighted by Crippen LogP contribution is -2.36. The molecule has 20 heavy (non-hydrogen) atoms. The van der Waals surface area contributed by atoms with Crippen molar-refractivity contribution >= 4 is 15.9 Å². The van der Waals surface area contributed by atoms with Gasteiger partial charge in [-0.1, -0.05) is 28.1 Å². The average molecular weight is 338 g/mol. The van der Waals surface area contributed by atoms with E-state index in [1.165, 1.54) is 5.56 Å². The largest absolute Gasteiger partial charge is 0.305 e. The summed E-state index contributed by atoms with van der Waals surface area (Å²) in [5.41, 5.74) is 1.22. The molecule has 0 aliphatic rings. The van der Waals surface area contributed by atoms with Gasteiger partial charge in [-0.3, -0.25) is 0 Å². The van der Waals surface area contributed by atoms with Gasteiger partial charge in [-0.05, 0) is 55.8 Å². The highest BCUT2D eigenvalue weighted by atomic mass is 79.9. The van der Waals surface area contributed by atoms with Crippen molar-refractivity contribution < 1.29 is 0 Å². The minimum Gasteiger partial charge on any atom is -0.305 e. The molecule has 108 valence electrons. The predicted octanol–water partition coefficient (Wildman–Crippen LogP) is 2.93. The molecule has 1 aromatic heterocycles. The topological polar surface area (TPSA) is 55.6 Å². The molecule has 0 spiro atoms. The Morgan fingerprint density at radius 2 is 1.90 bits per heavy atom. The van der Waals surface area contributed by atoms with Crippen LogP contribution < -0.4 is 5.32 Å². The molecule has 6 heteroatoms. The Morgan fingerprint density at radius 1 is 1.25 bits per heavy atom. The minimum atomic E-state index is 0.0393. The molecule has 1 N–H and O–H groups in total. The van der Waals surface area contributed by atoms with Crippen molar-refractivity contribution in [3.8, 4) is 0 Å². The van der Waals surface area contributed by atoms with Crippen LogP contribution in [0.4, 0.5) is 0 Å². The number of tetrazole rings is 1. The Labute approximate surface area is 127 Å². The van der Waals surface area contributed by atoms with Crippen LogP contribution in [0.3, 0.4) is 0 Å². The van der Waals surface area contributed by atoms with Gasteiger partial charge in [0.05, 0.1) is 12.6 Å². The molecule has 0 bridgehead atoms. The van der Waals surface area contributed by atoms with Crippen LogP contribution in [-0.4, -0.2) is 25.7 Å². The van der Waals surface area contributed by atoms with Gasteiger partial charge in [-0.15, -0.1) is 5.10 Å². The van der Waals surface area contributed by atoms with Crippen molar-refractivity contribution in [1.82, 2.24) is 25.5 Å². The molecular formula is C14H20BrN5. The van der Waals surface area contributed by atoms with Gasteiger partial charge < -0.3 is 5.32 Å². The maximum Gasteiger partial charge on any atom is 0.165 e. The van der Waals surface area contributed by atoms with Crippen LogP contribution in [0.25, 0.3) is 0 Å². The van der Waals surface area contributed by atoms with E-state index in [1.807, 2.05) is 16.8 Å². The second-order valence-electron chi connectivity index (χ2n) is 5.87. The highest BCUT2D eigenvalue weighted by Gasteiger charge is 2.17. The van der Waals surface area contributed by atoms with Crippen LogP contribution in [0.15, 0.2) is 28.7 Å². The fourth-order valence-corrected chi connectivity index (χ4v) is 2.12. The van der Waals surface area contributed by atoms with E-state index in [9.17, 15) is 0 Å². The van der Waals surface area contributed by atoms with E-state index in [1.54, 1.807) is 0 Å². The second kappa shape index (κ2) is 6.01. The van der Waals surface area contributed by atoms with Gasteiger partial charge in [0.15, 0.2) is 5.82 Å². The molecule has 0 fully saturated rings. The first kappa shape index (κ1) is 15.1. The van der Waals surface area contributed by atoms with E-state index >= 15 is 0 Å². The summed E-state index contributed by atoms with van der Waals surface area (Å²) in [7, 11) is 0. The molecule has 0 saturated carbocycles. The number of rotatable bonds is 4. The van der Waals surface area contributed by atoms with Crippen LogP contribution >= 0.6 is 15.9 Å². The zero-order chi connectivity index (χ0) is 14.8. The van der Waals surface area contributed by atoms with E-state index in [0.29, 0.717) is 6.54 Å². The normalized spacial score (nSPS) is 13.4. The van der Waals surface area contributed by atoms with Gasteiger partial charge >= 0.3 is 0 Å². The van der Waals surface area contributed by atoms with Crippen molar-refractivity contribution in [2.24, 2.45) is 0 Å². The third-order valence-electron chi connectivity index (χ3n) is 3.06. The summed E-state index contributed by atoms with van der Waals surface area (Å²) in [5.74, 6) is 0.843. The molecule has 1 unspecified atom stereocenters. The highest BCUT2D eigenvalue weighted by Crippen LogP contribution is 2.20. The number of hydrogen-bond donors (Lipinski definition) is 1. The van der Waals surface area contributed by atoms with Crippen LogP contribution in [-0.2, 0) is 6.54 Å². The lowest BCUT2D eigenvalue weighted by Gasteiger charge is -2.21. The molecule has 2 rings (SSSR count). The van der Waals surface area contributed by atoms with Gasteiger partial charge in [0.25, 0.3) is 0 Å². The molecule has 1 atom stereocenters. The minimum absolute atomic E-state index is 0.0393. The zero-order valence-electron chi connectivity index (χ0n) is 12.3. The molecule has 0 saturated heterocycles. The average Bonchev–Trinajstić information content (AvgIpc) is 2.84. The molecule has 5 nitrogen and oxygen atoms in total. The fraction of sp³-hybridized carbons (Fsp3) is 0.500. The Balaban J connectivity index is 2.16. The summed E-state index contributed by atoms with van der Waals surface area (Å²) >= 11 is 3.45. The Hall–Kier alpha value is -1.27. The quantitative estimate of drug-likeness (QED) is 0.931. The first-order chi connectivity index (χ1) is 9.37. The monoisotopic (exact) mass is 337 g/mol. The van der Waals surface area contributed by atoms with Crippen LogP contribution in [0, 0.1) is 0 Å². The first-order valence-electron chi connectivity index (χ1n) is 6.64. The Morgan fingerprint density at radius 3 is 2.50 bits per heavy atom. The summed E-state index contributed by atoms with van der Waals surface area (Å²) < 4.78 is 2.93. The van der Waals surface area contributed by atoms with Gasteiger partial charge in [0.1, 0.15) is 0 Å². The third-order valence-corrected chi connectivity index (χ3v) is 3.59. The summed E-state index contributed by atoms with van der Waals surface area (Å²) in [4.78, 5) is 0. The third kappa shape index (κ3) is 3.86. The fourth-order valence-electron chi connectivity index (χ4n) is 1.86. The van der Waals surface area contributed by atoms with Crippen molar-refractivity contribution in [2.75, 3.05) is 0 Å². The van der Waals surface area contributed by atoms with E-state index in [-0.39, 0.29) is 11.6 Å². The second-order valence-corrected chi connectivity index (χ2v) is 6.79. The molecule has 1 heterocycles. The zero-order valence-corrected chi connectivity index (χ0v) is 13.8. The molecule has 2 aromatic rings. The molecule has 1 aromatic carbocycles. The lowest BCUT2D eigenvalue weighted by atomic mass is 10.1. The van der Waals surface area contributed by atoms with Crippen LogP contribution in [0.1, 0.15) is 45.1 Å². The highest BCUT2D eigenvalue weighted by molar-refractivity contribution is 9.10. The van der Waals surface area contributed by atoms with Gasteiger partial charge in [-0.25, -0.2) is 4.68 Å². The number of hydrogen-bond acceptors (Lipinski definition) is 4. The van der Waals surface area contributed by atoms with Gasteiger partial charge in [0.2, 0.25) is 0 Å². The number of benzene rings is 1. The van der Waals surface area contributed by atoms with Crippen molar-refractivity contribution in [3.05, 3.63) is 40.1 Å². The maximum absolute atomic E-state index is 4.12. The van der Waals surface area contributed by atoms with Gasteiger partial charge in [0, 0.05) is 10.0 Å². The predicted molar refractivity (Wildman–Crippen MR) is 82.4 cm³/mol. The smallest absolute Gasteiger partial charge is 0.165 e. The molecule has 0 aliphatic carbocycles. The molecule has 0 radical (unpaired) electrons. The van der Waals surface area contributed by atoms with Crippen molar-refractivity contribution in [1.29, 1.82) is 0 Å². The van der Waals surface area contributed by atoms with Crippen LogP contribution in [0.5, 0.6) is 0 Å². The number of nitrogens with one attached hydrogen (secondary N) is 1.